The molecule has 2 N–H and O–H groups in total. The van der Waals surface area contributed by atoms with Crippen molar-refractivity contribution < 1.29 is 4.79 Å². The zero-order chi connectivity index (χ0) is 10.6. The van der Waals surface area contributed by atoms with Crippen molar-refractivity contribution in [3.63, 3.8) is 0 Å². The molecule has 0 aromatic heterocycles. The molecule has 0 aromatic rings. The topological polar surface area (TPSA) is 44.4 Å². The van der Waals surface area contributed by atoms with Crippen molar-refractivity contribution in [3.05, 3.63) is 0 Å². The summed E-state index contributed by atoms with van der Waals surface area (Å²) in [4.78, 5) is 13.5. The Morgan fingerprint density at radius 3 is 2.79 bits per heavy atom. The van der Waals surface area contributed by atoms with Crippen LogP contribution in [0.25, 0.3) is 0 Å². The van der Waals surface area contributed by atoms with Crippen LogP contribution in [-0.4, -0.2) is 43.2 Å². The van der Waals surface area contributed by atoms with Gasteiger partial charge < -0.3 is 15.5 Å². The highest BCUT2D eigenvalue weighted by atomic mass is 16.2. The summed E-state index contributed by atoms with van der Waals surface area (Å²) in [5, 5.41) is 6.20. The van der Waals surface area contributed by atoms with E-state index < -0.39 is 0 Å². The molecule has 0 radical (unpaired) electrons. The molecule has 2 amide bonds. The van der Waals surface area contributed by atoms with Gasteiger partial charge in [0, 0.05) is 25.7 Å². The maximum atomic E-state index is 11.6. The molecule has 1 fully saturated rings. The van der Waals surface area contributed by atoms with Crippen LogP contribution in [0.1, 0.15) is 26.7 Å². The molecule has 1 heterocycles. The van der Waals surface area contributed by atoms with Gasteiger partial charge in [-0.1, -0.05) is 0 Å². The molecule has 1 aliphatic rings. The van der Waals surface area contributed by atoms with E-state index >= 15 is 0 Å². The molecule has 0 spiro atoms. The molecule has 0 aromatic carbocycles. The van der Waals surface area contributed by atoms with Crippen molar-refractivity contribution in [2.24, 2.45) is 0 Å². The quantitative estimate of drug-likeness (QED) is 0.690. The molecule has 0 saturated carbocycles. The molecule has 1 saturated heterocycles. The molecule has 82 valence electrons. The van der Waals surface area contributed by atoms with Crippen LogP contribution in [0.4, 0.5) is 4.79 Å². The Morgan fingerprint density at radius 1 is 1.57 bits per heavy atom. The molecule has 0 unspecified atom stereocenters. The number of piperidine rings is 1. The Bertz CT molecular complexity index is 188. The Morgan fingerprint density at radius 2 is 2.29 bits per heavy atom. The number of urea groups is 1. The molecule has 1 rings (SSSR count). The number of carbonyl (C=O) groups excluding carboxylic acids is 1. The second kappa shape index (κ2) is 5.20. The van der Waals surface area contributed by atoms with Gasteiger partial charge >= 0.3 is 6.03 Å². The van der Waals surface area contributed by atoms with Gasteiger partial charge in [-0.3, -0.25) is 0 Å². The van der Waals surface area contributed by atoms with Crippen molar-refractivity contribution in [2.45, 2.75) is 38.8 Å². The number of amides is 2. The number of hydrogen-bond donors (Lipinski definition) is 2. The van der Waals surface area contributed by atoms with Crippen LogP contribution in [0.5, 0.6) is 0 Å². The largest absolute Gasteiger partial charge is 0.336 e. The third kappa shape index (κ3) is 3.18. The summed E-state index contributed by atoms with van der Waals surface area (Å²) in [5.41, 5.74) is 0. The van der Waals surface area contributed by atoms with Crippen LogP contribution in [0.15, 0.2) is 0 Å². The van der Waals surface area contributed by atoms with Gasteiger partial charge in [-0.2, -0.15) is 0 Å². The molecule has 4 nitrogen and oxygen atoms in total. The van der Waals surface area contributed by atoms with Crippen molar-refractivity contribution >= 4 is 6.03 Å². The highest BCUT2D eigenvalue weighted by molar-refractivity contribution is 5.74. The Hall–Kier alpha value is -0.770. The number of rotatable bonds is 2. The summed E-state index contributed by atoms with van der Waals surface area (Å²) in [6, 6.07) is 0.595. The fourth-order valence-corrected chi connectivity index (χ4v) is 1.68. The van der Waals surface area contributed by atoms with Gasteiger partial charge in [0.25, 0.3) is 0 Å². The predicted octanol–water partition coefficient (Wildman–Crippen LogP) is 0.788. The lowest BCUT2D eigenvalue weighted by molar-refractivity contribution is 0.176. The number of nitrogens with zero attached hydrogens (tertiary/aromatic N) is 1. The van der Waals surface area contributed by atoms with E-state index in [1.54, 1.807) is 0 Å². The van der Waals surface area contributed by atoms with Crippen molar-refractivity contribution in [1.29, 1.82) is 0 Å². The average molecular weight is 199 g/mol. The third-order valence-electron chi connectivity index (χ3n) is 2.55. The van der Waals surface area contributed by atoms with E-state index in [4.69, 9.17) is 0 Å². The molecule has 4 heteroatoms. The summed E-state index contributed by atoms with van der Waals surface area (Å²) in [6.07, 6.45) is 2.26. The van der Waals surface area contributed by atoms with E-state index in [-0.39, 0.29) is 12.1 Å². The molecule has 0 bridgehead atoms. The lowest BCUT2D eigenvalue weighted by Crippen LogP contribution is -2.51. The van der Waals surface area contributed by atoms with Gasteiger partial charge in [0.05, 0.1) is 0 Å². The Balaban J connectivity index is 2.38. The van der Waals surface area contributed by atoms with Crippen LogP contribution in [-0.2, 0) is 0 Å². The number of likely N-dealkylation sites (N-methyl/N-ethyl adjacent to an activating group) is 1. The van der Waals surface area contributed by atoms with Crippen LogP contribution in [0, 0.1) is 0 Å². The molecular formula is C10H21N3O. The second-order valence-electron chi connectivity index (χ2n) is 4.22. The molecule has 14 heavy (non-hydrogen) atoms. The number of hydrogen-bond acceptors (Lipinski definition) is 2. The van der Waals surface area contributed by atoms with Gasteiger partial charge in [0.1, 0.15) is 0 Å². The first-order valence-electron chi connectivity index (χ1n) is 5.35. The summed E-state index contributed by atoms with van der Waals surface area (Å²) in [5.74, 6) is 0. The molecule has 1 atom stereocenters. The van der Waals surface area contributed by atoms with Gasteiger partial charge in [0.2, 0.25) is 0 Å². The maximum absolute atomic E-state index is 11.6. The van der Waals surface area contributed by atoms with E-state index in [2.05, 4.69) is 10.6 Å². The second-order valence-corrected chi connectivity index (χ2v) is 4.22. The van der Waals surface area contributed by atoms with Crippen LogP contribution < -0.4 is 10.6 Å². The third-order valence-corrected chi connectivity index (χ3v) is 2.55. The summed E-state index contributed by atoms with van der Waals surface area (Å²) in [6.45, 7) is 5.95. The smallest absolute Gasteiger partial charge is 0.317 e. The van der Waals surface area contributed by atoms with Crippen molar-refractivity contribution in [3.8, 4) is 0 Å². The molecular weight excluding hydrogens is 178 g/mol. The van der Waals surface area contributed by atoms with Crippen LogP contribution in [0.3, 0.4) is 0 Å². The normalized spacial score (nSPS) is 22.1. The maximum Gasteiger partial charge on any atom is 0.317 e. The monoisotopic (exact) mass is 199 g/mol. The van der Waals surface area contributed by atoms with Gasteiger partial charge in [-0.25, -0.2) is 4.79 Å². The SMILES string of the molecule is CC(C)NC(=O)N(C)[C@H]1CCCNC1. The zero-order valence-corrected chi connectivity index (χ0v) is 9.34. The lowest BCUT2D eigenvalue weighted by Gasteiger charge is -2.32. The van der Waals surface area contributed by atoms with E-state index in [0.29, 0.717) is 6.04 Å². The predicted molar refractivity (Wildman–Crippen MR) is 57.3 cm³/mol. The molecule has 0 aliphatic carbocycles. The lowest BCUT2D eigenvalue weighted by atomic mass is 10.1. The first kappa shape index (κ1) is 11.3. The fourth-order valence-electron chi connectivity index (χ4n) is 1.68. The first-order valence-corrected chi connectivity index (χ1v) is 5.35. The van der Waals surface area contributed by atoms with Crippen molar-refractivity contribution in [1.82, 2.24) is 15.5 Å². The summed E-state index contributed by atoms with van der Waals surface area (Å²) < 4.78 is 0. The summed E-state index contributed by atoms with van der Waals surface area (Å²) >= 11 is 0. The highest BCUT2D eigenvalue weighted by Crippen LogP contribution is 2.08. The highest BCUT2D eigenvalue weighted by Gasteiger charge is 2.21. The van der Waals surface area contributed by atoms with Gasteiger partial charge in [-0.15, -0.1) is 0 Å². The van der Waals surface area contributed by atoms with Crippen molar-refractivity contribution in [2.75, 3.05) is 20.1 Å². The minimum atomic E-state index is 0.0358. The number of nitrogens with one attached hydrogen (secondary N) is 2. The average Bonchev–Trinajstić information content (AvgIpc) is 2.17. The first-order chi connectivity index (χ1) is 6.61. The van der Waals surface area contributed by atoms with E-state index in [0.717, 1.165) is 25.9 Å². The minimum Gasteiger partial charge on any atom is -0.336 e. The van der Waals surface area contributed by atoms with Gasteiger partial charge in [0.15, 0.2) is 0 Å². The Labute approximate surface area is 86.0 Å². The number of carbonyl (C=O) groups is 1. The van der Waals surface area contributed by atoms with E-state index in [1.165, 1.54) is 0 Å². The van der Waals surface area contributed by atoms with E-state index in [9.17, 15) is 4.79 Å². The van der Waals surface area contributed by atoms with E-state index in [1.807, 2.05) is 25.8 Å². The summed E-state index contributed by atoms with van der Waals surface area (Å²) in [7, 11) is 1.87. The molecule has 1 aliphatic heterocycles. The van der Waals surface area contributed by atoms with Crippen LogP contribution >= 0.6 is 0 Å². The Kier molecular flexibility index (Phi) is 4.20. The zero-order valence-electron chi connectivity index (χ0n) is 9.34. The fraction of sp³-hybridized carbons (Fsp3) is 0.900. The standard InChI is InChI=1S/C10H21N3O/c1-8(2)12-10(14)13(3)9-5-4-6-11-7-9/h8-9,11H,4-7H2,1-3H3,(H,12,14)/t9-/m0/s1. The minimum absolute atomic E-state index is 0.0358. The van der Waals surface area contributed by atoms with Gasteiger partial charge in [-0.05, 0) is 33.2 Å². The van der Waals surface area contributed by atoms with Crippen LogP contribution in [0.2, 0.25) is 0 Å².